The third kappa shape index (κ3) is 4.43. The Morgan fingerprint density at radius 2 is 0.970 bits per heavy atom. The zero-order valence-corrected chi connectivity index (χ0v) is 18.0. The molecule has 0 heterocycles. The first-order valence-electron chi connectivity index (χ1n) is 10.2. The van der Waals surface area contributed by atoms with Crippen LogP contribution >= 0.6 is 0 Å². The summed E-state index contributed by atoms with van der Waals surface area (Å²) in [5, 5.41) is 23.2. The maximum Gasteiger partial charge on any atom is 0.277 e. The van der Waals surface area contributed by atoms with E-state index in [-0.39, 0.29) is 11.4 Å². The summed E-state index contributed by atoms with van der Waals surface area (Å²) in [6.07, 6.45) is 0. The molecule has 0 aliphatic rings. The molecule has 7 heteroatoms. The fraction of sp³-hybridized carbons (Fsp3) is 0.0769. The minimum Gasteiger partial charge on any atom is -0.457 e. The second-order valence-corrected chi connectivity index (χ2v) is 7.60. The Bertz CT molecular complexity index is 1280. The summed E-state index contributed by atoms with van der Waals surface area (Å²) in [4.78, 5) is 22.4. The molecule has 33 heavy (non-hydrogen) atoms. The van der Waals surface area contributed by atoms with Crippen LogP contribution < -0.4 is 4.74 Å². The van der Waals surface area contributed by atoms with Gasteiger partial charge in [0.15, 0.2) is 0 Å². The minimum absolute atomic E-state index is 0.0269. The molecule has 164 valence electrons. The lowest BCUT2D eigenvalue weighted by atomic mass is 9.98. The zero-order valence-electron chi connectivity index (χ0n) is 18.0. The van der Waals surface area contributed by atoms with Gasteiger partial charge in [-0.05, 0) is 60.4 Å². The number of aryl methyl sites for hydroxylation is 2. The van der Waals surface area contributed by atoms with E-state index in [4.69, 9.17) is 4.74 Å². The molecule has 0 fully saturated rings. The third-order valence-electron chi connectivity index (χ3n) is 5.44. The average Bonchev–Trinajstić information content (AvgIpc) is 2.79. The van der Waals surface area contributed by atoms with Crippen molar-refractivity contribution in [1.29, 1.82) is 0 Å². The number of nitro groups is 2. The standard InChI is InChI=1S/C26H20N2O5/c1-17-7-3-5-9-21(17)23-15-19(11-13-25(23)27(29)30)33-20-12-14-26(28(31)32)24(16-20)22-10-6-4-8-18(22)2/h3-16H,1-2H3. The van der Waals surface area contributed by atoms with Crippen LogP contribution in [0.2, 0.25) is 0 Å². The topological polar surface area (TPSA) is 95.5 Å². The molecule has 0 aliphatic heterocycles. The monoisotopic (exact) mass is 440 g/mol. The number of rotatable bonds is 6. The highest BCUT2D eigenvalue weighted by atomic mass is 16.6. The van der Waals surface area contributed by atoms with Gasteiger partial charge in [-0.3, -0.25) is 20.2 Å². The summed E-state index contributed by atoms with van der Waals surface area (Å²) in [5.41, 5.74) is 4.10. The summed E-state index contributed by atoms with van der Waals surface area (Å²) < 4.78 is 6.01. The summed E-state index contributed by atoms with van der Waals surface area (Å²) in [6.45, 7) is 3.77. The second kappa shape index (κ2) is 8.92. The maximum atomic E-state index is 11.6. The molecule has 0 aliphatic carbocycles. The minimum atomic E-state index is -0.423. The van der Waals surface area contributed by atoms with Gasteiger partial charge in [0.2, 0.25) is 0 Å². The van der Waals surface area contributed by atoms with Crippen LogP contribution in [0.3, 0.4) is 0 Å². The molecule has 0 amide bonds. The van der Waals surface area contributed by atoms with E-state index in [1.54, 1.807) is 12.1 Å². The van der Waals surface area contributed by atoms with Crippen molar-refractivity contribution in [3.8, 4) is 33.8 Å². The highest BCUT2D eigenvalue weighted by Crippen LogP contribution is 2.39. The molecule has 0 saturated heterocycles. The van der Waals surface area contributed by atoms with Gasteiger partial charge in [0.25, 0.3) is 11.4 Å². The number of nitro benzene ring substituents is 2. The first-order valence-corrected chi connectivity index (χ1v) is 10.2. The van der Waals surface area contributed by atoms with Crippen LogP contribution in [0.1, 0.15) is 11.1 Å². The summed E-state index contributed by atoms with van der Waals surface area (Å²) in [7, 11) is 0. The predicted molar refractivity (Wildman–Crippen MR) is 127 cm³/mol. The Morgan fingerprint density at radius 1 is 0.576 bits per heavy atom. The van der Waals surface area contributed by atoms with E-state index in [1.165, 1.54) is 24.3 Å². The average molecular weight is 440 g/mol. The molecule has 0 bridgehead atoms. The molecular formula is C26H20N2O5. The molecule has 0 spiro atoms. The molecule has 0 saturated carbocycles. The van der Waals surface area contributed by atoms with Crippen molar-refractivity contribution in [3.63, 3.8) is 0 Å². The molecule has 0 aromatic heterocycles. The van der Waals surface area contributed by atoms with Gasteiger partial charge in [-0.25, -0.2) is 0 Å². The highest BCUT2D eigenvalue weighted by Gasteiger charge is 2.20. The number of nitrogens with zero attached hydrogens (tertiary/aromatic N) is 2. The lowest BCUT2D eigenvalue weighted by Gasteiger charge is -2.12. The highest BCUT2D eigenvalue weighted by molar-refractivity contribution is 5.79. The van der Waals surface area contributed by atoms with Gasteiger partial charge < -0.3 is 4.74 Å². The van der Waals surface area contributed by atoms with Crippen molar-refractivity contribution in [1.82, 2.24) is 0 Å². The molecule has 0 radical (unpaired) electrons. The maximum absolute atomic E-state index is 11.6. The van der Waals surface area contributed by atoms with Gasteiger partial charge in [-0.1, -0.05) is 48.5 Å². The van der Waals surface area contributed by atoms with Crippen LogP contribution in [0.5, 0.6) is 11.5 Å². The Balaban J connectivity index is 1.79. The smallest absolute Gasteiger partial charge is 0.277 e. The van der Waals surface area contributed by atoms with E-state index in [1.807, 2.05) is 62.4 Å². The van der Waals surface area contributed by atoms with Crippen molar-refractivity contribution in [2.75, 3.05) is 0 Å². The zero-order chi connectivity index (χ0) is 23.5. The fourth-order valence-electron chi connectivity index (χ4n) is 3.79. The van der Waals surface area contributed by atoms with Crippen molar-refractivity contribution >= 4 is 11.4 Å². The number of ether oxygens (including phenoxy) is 1. The van der Waals surface area contributed by atoms with E-state index >= 15 is 0 Å². The van der Waals surface area contributed by atoms with Crippen molar-refractivity contribution in [2.24, 2.45) is 0 Å². The van der Waals surface area contributed by atoms with Gasteiger partial charge in [0.05, 0.1) is 21.0 Å². The van der Waals surface area contributed by atoms with Crippen LogP contribution in [-0.4, -0.2) is 9.85 Å². The molecular weight excluding hydrogens is 420 g/mol. The van der Waals surface area contributed by atoms with Crippen LogP contribution in [0.4, 0.5) is 11.4 Å². The first-order chi connectivity index (χ1) is 15.8. The number of hydrogen-bond acceptors (Lipinski definition) is 5. The molecule has 4 rings (SSSR count). The van der Waals surface area contributed by atoms with E-state index in [2.05, 4.69) is 0 Å². The quantitative estimate of drug-likeness (QED) is 0.232. The van der Waals surface area contributed by atoms with Gasteiger partial charge in [-0.2, -0.15) is 0 Å². The van der Waals surface area contributed by atoms with E-state index in [0.717, 1.165) is 22.3 Å². The van der Waals surface area contributed by atoms with Crippen LogP contribution in [0.25, 0.3) is 22.3 Å². The Kier molecular flexibility index (Phi) is 5.87. The van der Waals surface area contributed by atoms with Gasteiger partial charge in [0, 0.05) is 12.1 Å². The number of benzene rings is 4. The molecule has 4 aromatic carbocycles. The summed E-state index contributed by atoms with van der Waals surface area (Å²) >= 11 is 0. The van der Waals surface area contributed by atoms with E-state index in [9.17, 15) is 20.2 Å². The lowest BCUT2D eigenvalue weighted by molar-refractivity contribution is -0.384. The van der Waals surface area contributed by atoms with E-state index < -0.39 is 9.85 Å². The lowest BCUT2D eigenvalue weighted by Crippen LogP contribution is -1.96. The normalized spacial score (nSPS) is 10.6. The van der Waals surface area contributed by atoms with Crippen LogP contribution in [0.15, 0.2) is 84.9 Å². The Hall–Kier alpha value is -4.52. The summed E-state index contributed by atoms with van der Waals surface area (Å²) in [5.74, 6) is 0.784. The largest absolute Gasteiger partial charge is 0.457 e. The number of hydrogen-bond donors (Lipinski definition) is 0. The Morgan fingerprint density at radius 3 is 1.33 bits per heavy atom. The molecule has 0 N–H and O–H groups in total. The molecule has 0 unspecified atom stereocenters. The third-order valence-corrected chi connectivity index (χ3v) is 5.44. The fourth-order valence-corrected chi connectivity index (χ4v) is 3.79. The molecule has 0 atom stereocenters. The van der Waals surface area contributed by atoms with Crippen LogP contribution in [0, 0.1) is 34.1 Å². The van der Waals surface area contributed by atoms with Crippen LogP contribution in [-0.2, 0) is 0 Å². The summed E-state index contributed by atoms with van der Waals surface area (Å²) in [6, 6.07) is 23.9. The van der Waals surface area contributed by atoms with Crippen molar-refractivity contribution < 1.29 is 14.6 Å². The van der Waals surface area contributed by atoms with Crippen molar-refractivity contribution in [3.05, 3.63) is 116 Å². The molecule has 4 aromatic rings. The van der Waals surface area contributed by atoms with Crippen molar-refractivity contribution in [2.45, 2.75) is 13.8 Å². The SMILES string of the molecule is Cc1ccccc1-c1cc(Oc2ccc([N+](=O)[O-])c(-c3ccccc3C)c2)ccc1[N+](=O)[O-]. The molecule has 7 nitrogen and oxygen atoms in total. The van der Waals surface area contributed by atoms with E-state index in [0.29, 0.717) is 22.6 Å². The van der Waals surface area contributed by atoms with Gasteiger partial charge in [0.1, 0.15) is 11.5 Å². The first kappa shape index (κ1) is 21.7. The van der Waals surface area contributed by atoms with Gasteiger partial charge in [-0.15, -0.1) is 0 Å². The Labute approximate surface area is 190 Å². The second-order valence-electron chi connectivity index (χ2n) is 7.60. The predicted octanol–water partition coefficient (Wildman–Crippen LogP) is 7.25. The van der Waals surface area contributed by atoms with Gasteiger partial charge >= 0.3 is 0 Å².